The van der Waals surface area contributed by atoms with Crippen LogP contribution in [0.5, 0.6) is 0 Å². The average Bonchev–Trinajstić information content (AvgIpc) is 2.16. The lowest BCUT2D eigenvalue weighted by Crippen LogP contribution is -2.21. The van der Waals surface area contributed by atoms with E-state index >= 15 is 0 Å². The van der Waals surface area contributed by atoms with Crippen LogP contribution < -0.4 is 5.32 Å². The minimum Gasteiger partial charge on any atom is -0.381 e. The van der Waals surface area contributed by atoms with Crippen LogP contribution in [-0.4, -0.2) is 26.2 Å². The van der Waals surface area contributed by atoms with Crippen molar-refractivity contribution in [2.24, 2.45) is 5.92 Å². The van der Waals surface area contributed by atoms with Crippen LogP contribution in [0.2, 0.25) is 0 Å². The SMILES string of the molecule is CNC(=O)CCC1CCOCC1. The lowest BCUT2D eigenvalue weighted by atomic mass is 9.95. The lowest BCUT2D eigenvalue weighted by molar-refractivity contribution is -0.121. The molecule has 1 aliphatic heterocycles. The fraction of sp³-hybridized carbons (Fsp3) is 0.889. The van der Waals surface area contributed by atoms with E-state index in [1.807, 2.05) is 0 Å². The third kappa shape index (κ3) is 3.22. The Morgan fingerprint density at radius 2 is 2.17 bits per heavy atom. The molecule has 1 rings (SSSR count). The molecular weight excluding hydrogens is 154 g/mol. The highest BCUT2D eigenvalue weighted by Gasteiger charge is 2.14. The summed E-state index contributed by atoms with van der Waals surface area (Å²) in [6.07, 6.45) is 3.93. The second-order valence-corrected chi connectivity index (χ2v) is 3.27. The van der Waals surface area contributed by atoms with Crippen molar-refractivity contribution >= 4 is 5.91 Å². The zero-order chi connectivity index (χ0) is 8.81. The maximum Gasteiger partial charge on any atom is 0.219 e. The molecular formula is C9H17NO2. The monoisotopic (exact) mass is 171 g/mol. The van der Waals surface area contributed by atoms with Crippen molar-refractivity contribution in [1.82, 2.24) is 5.32 Å². The van der Waals surface area contributed by atoms with Gasteiger partial charge in [-0.2, -0.15) is 0 Å². The first kappa shape index (κ1) is 9.52. The Bertz CT molecular complexity index is 141. The molecule has 1 fully saturated rings. The van der Waals surface area contributed by atoms with Crippen molar-refractivity contribution in [3.63, 3.8) is 0 Å². The Hall–Kier alpha value is -0.570. The molecule has 12 heavy (non-hydrogen) atoms. The summed E-state index contributed by atoms with van der Waals surface area (Å²) in [5, 5.41) is 2.63. The highest BCUT2D eigenvalue weighted by molar-refractivity contribution is 5.75. The van der Waals surface area contributed by atoms with E-state index in [9.17, 15) is 4.79 Å². The van der Waals surface area contributed by atoms with Crippen LogP contribution in [-0.2, 0) is 9.53 Å². The largest absolute Gasteiger partial charge is 0.381 e. The Balaban J connectivity index is 2.09. The zero-order valence-corrected chi connectivity index (χ0v) is 7.64. The quantitative estimate of drug-likeness (QED) is 0.686. The number of carbonyl (C=O) groups is 1. The van der Waals surface area contributed by atoms with Gasteiger partial charge in [-0.1, -0.05) is 0 Å². The molecule has 0 aliphatic carbocycles. The highest BCUT2D eigenvalue weighted by Crippen LogP contribution is 2.19. The summed E-state index contributed by atoms with van der Waals surface area (Å²) >= 11 is 0. The van der Waals surface area contributed by atoms with Crippen LogP contribution in [0, 0.1) is 5.92 Å². The predicted octanol–water partition coefficient (Wildman–Crippen LogP) is 0.939. The molecule has 0 unspecified atom stereocenters. The molecule has 1 amide bonds. The number of ether oxygens (including phenoxy) is 1. The van der Waals surface area contributed by atoms with E-state index in [1.165, 1.54) is 0 Å². The van der Waals surface area contributed by atoms with Crippen molar-refractivity contribution in [3.05, 3.63) is 0 Å². The van der Waals surface area contributed by atoms with Gasteiger partial charge < -0.3 is 10.1 Å². The van der Waals surface area contributed by atoms with E-state index in [1.54, 1.807) is 7.05 Å². The average molecular weight is 171 g/mol. The van der Waals surface area contributed by atoms with E-state index in [-0.39, 0.29) is 5.91 Å². The van der Waals surface area contributed by atoms with E-state index in [0.717, 1.165) is 32.5 Å². The number of carbonyl (C=O) groups excluding carboxylic acids is 1. The Labute approximate surface area is 73.5 Å². The molecule has 0 aromatic carbocycles. The van der Waals surface area contributed by atoms with E-state index < -0.39 is 0 Å². The molecule has 3 nitrogen and oxygen atoms in total. The molecule has 1 aliphatic rings. The number of hydrogen-bond donors (Lipinski definition) is 1. The van der Waals surface area contributed by atoms with Gasteiger partial charge in [0.15, 0.2) is 0 Å². The summed E-state index contributed by atoms with van der Waals surface area (Å²) in [6.45, 7) is 1.75. The Morgan fingerprint density at radius 3 is 2.75 bits per heavy atom. The van der Waals surface area contributed by atoms with Crippen molar-refractivity contribution in [1.29, 1.82) is 0 Å². The first-order valence-corrected chi connectivity index (χ1v) is 4.61. The first-order chi connectivity index (χ1) is 5.83. The number of amides is 1. The zero-order valence-electron chi connectivity index (χ0n) is 7.64. The molecule has 1 N–H and O–H groups in total. The molecule has 0 aromatic heterocycles. The van der Waals surface area contributed by atoms with Gasteiger partial charge in [-0.15, -0.1) is 0 Å². The molecule has 70 valence electrons. The van der Waals surface area contributed by atoms with E-state index in [4.69, 9.17) is 4.74 Å². The van der Waals surface area contributed by atoms with Crippen LogP contribution >= 0.6 is 0 Å². The van der Waals surface area contributed by atoms with Crippen molar-refractivity contribution < 1.29 is 9.53 Å². The molecule has 3 heteroatoms. The highest BCUT2D eigenvalue weighted by atomic mass is 16.5. The van der Waals surface area contributed by atoms with Gasteiger partial charge in [0.25, 0.3) is 0 Å². The van der Waals surface area contributed by atoms with Crippen molar-refractivity contribution in [2.45, 2.75) is 25.7 Å². The van der Waals surface area contributed by atoms with Gasteiger partial charge >= 0.3 is 0 Å². The second-order valence-electron chi connectivity index (χ2n) is 3.27. The standard InChI is InChI=1S/C9H17NO2/c1-10-9(11)3-2-8-4-6-12-7-5-8/h8H,2-7H2,1H3,(H,10,11). The summed E-state index contributed by atoms with van der Waals surface area (Å²) in [5.74, 6) is 0.859. The van der Waals surface area contributed by atoms with E-state index in [2.05, 4.69) is 5.32 Å². The molecule has 0 radical (unpaired) electrons. The fourth-order valence-electron chi connectivity index (χ4n) is 1.50. The number of rotatable bonds is 3. The maximum atomic E-state index is 10.9. The summed E-state index contributed by atoms with van der Waals surface area (Å²) in [5.41, 5.74) is 0. The van der Waals surface area contributed by atoms with Crippen LogP contribution in [0.25, 0.3) is 0 Å². The van der Waals surface area contributed by atoms with Crippen molar-refractivity contribution in [2.75, 3.05) is 20.3 Å². The number of hydrogen-bond acceptors (Lipinski definition) is 2. The summed E-state index contributed by atoms with van der Waals surface area (Å²) < 4.78 is 5.23. The van der Waals surface area contributed by atoms with Gasteiger partial charge in [-0.3, -0.25) is 4.79 Å². The van der Waals surface area contributed by atoms with Crippen molar-refractivity contribution in [3.8, 4) is 0 Å². The number of nitrogens with one attached hydrogen (secondary N) is 1. The molecule has 1 heterocycles. The molecule has 1 saturated heterocycles. The smallest absolute Gasteiger partial charge is 0.219 e. The summed E-state index contributed by atoms with van der Waals surface area (Å²) in [6, 6.07) is 0. The van der Waals surface area contributed by atoms with Gasteiger partial charge in [-0.05, 0) is 25.2 Å². The second kappa shape index (κ2) is 5.14. The van der Waals surface area contributed by atoms with E-state index in [0.29, 0.717) is 12.3 Å². The molecule has 0 atom stereocenters. The fourth-order valence-corrected chi connectivity index (χ4v) is 1.50. The summed E-state index contributed by atoms with van der Waals surface area (Å²) in [7, 11) is 1.69. The Morgan fingerprint density at radius 1 is 1.50 bits per heavy atom. The minimum atomic E-state index is 0.154. The van der Waals surface area contributed by atoms with Gasteiger partial charge in [0.2, 0.25) is 5.91 Å². The minimum absolute atomic E-state index is 0.154. The van der Waals surface area contributed by atoms with Gasteiger partial charge in [0.1, 0.15) is 0 Å². The van der Waals surface area contributed by atoms with Crippen LogP contribution in [0.4, 0.5) is 0 Å². The van der Waals surface area contributed by atoms with Crippen LogP contribution in [0.15, 0.2) is 0 Å². The normalized spacial score (nSPS) is 19.1. The van der Waals surface area contributed by atoms with Crippen LogP contribution in [0.1, 0.15) is 25.7 Å². The Kier molecular flexibility index (Phi) is 4.08. The topological polar surface area (TPSA) is 38.3 Å². The van der Waals surface area contributed by atoms with Gasteiger partial charge in [0, 0.05) is 26.7 Å². The van der Waals surface area contributed by atoms with Gasteiger partial charge in [0.05, 0.1) is 0 Å². The molecule has 0 aromatic rings. The van der Waals surface area contributed by atoms with Crippen LogP contribution in [0.3, 0.4) is 0 Å². The third-order valence-electron chi connectivity index (χ3n) is 2.40. The lowest BCUT2D eigenvalue weighted by Gasteiger charge is -2.21. The predicted molar refractivity (Wildman–Crippen MR) is 46.8 cm³/mol. The maximum absolute atomic E-state index is 10.9. The first-order valence-electron chi connectivity index (χ1n) is 4.61. The summed E-state index contributed by atoms with van der Waals surface area (Å²) in [4.78, 5) is 10.9. The van der Waals surface area contributed by atoms with Gasteiger partial charge in [-0.25, -0.2) is 0 Å². The molecule has 0 saturated carbocycles. The third-order valence-corrected chi connectivity index (χ3v) is 2.40. The molecule has 0 bridgehead atoms. The molecule has 0 spiro atoms.